The van der Waals surface area contributed by atoms with Gasteiger partial charge < -0.3 is 14.6 Å². The molecule has 1 atom stereocenters. The average Bonchev–Trinajstić information content (AvgIpc) is 2.95. The zero-order valence-electron chi connectivity index (χ0n) is 11.8. The third-order valence-electron chi connectivity index (χ3n) is 3.66. The molecule has 0 amide bonds. The van der Waals surface area contributed by atoms with Crippen LogP contribution in [0.3, 0.4) is 0 Å². The summed E-state index contributed by atoms with van der Waals surface area (Å²) in [7, 11) is 0. The summed E-state index contributed by atoms with van der Waals surface area (Å²) in [6.07, 6.45) is 5.90. The highest BCUT2D eigenvalue weighted by atomic mass is 16.7. The van der Waals surface area contributed by atoms with Crippen LogP contribution in [-0.4, -0.2) is 11.9 Å². The predicted molar refractivity (Wildman–Crippen MR) is 80.2 cm³/mol. The number of ether oxygens (including phenoxy) is 2. The smallest absolute Gasteiger partial charge is 0.231 e. The maximum absolute atomic E-state index is 10.8. The van der Waals surface area contributed by atoms with E-state index in [4.69, 9.17) is 15.9 Å². The van der Waals surface area contributed by atoms with Gasteiger partial charge in [-0.3, -0.25) is 0 Å². The van der Waals surface area contributed by atoms with Crippen LogP contribution in [0.25, 0.3) is 0 Å². The first-order valence-corrected chi connectivity index (χ1v) is 6.76. The van der Waals surface area contributed by atoms with Gasteiger partial charge in [-0.15, -0.1) is 6.42 Å². The molecule has 3 rings (SSSR count). The zero-order valence-corrected chi connectivity index (χ0v) is 11.8. The van der Waals surface area contributed by atoms with Crippen LogP contribution in [0.1, 0.15) is 16.7 Å². The second-order valence-corrected chi connectivity index (χ2v) is 5.24. The summed E-state index contributed by atoms with van der Waals surface area (Å²) in [5.41, 5.74) is 1.41. The fraction of sp³-hybridized carbons (Fsp3) is 0.222. The number of aliphatic hydroxyl groups is 1. The molecule has 0 aliphatic carbocycles. The molecule has 1 unspecified atom stereocenters. The Bertz CT molecular complexity index is 697. The van der Waals surface area contributed by atoms with Crippen molar-refractivity contribution in [1.29, 1.82) is 0 Å². The van der Waals surface area contributed by atoms with Crippen molar-refractivity contribution in [1.82, 2.24) is 0 Å². The first-order valence-electron chi connectivity index (χ1n) is 6.76. The van der Waals surface area contributed by atoms with Crippen LogP contribution in [-0.2, 0) is 12.0 Å². The summed E-state index contributed by atoms with van der Waals surface area (Å²) in [6, 6.07) is 13.2. The van der Waals surface area contributed by atoms with Gasteiger partial charge in [0, 0.05) is 6.42 Å². The van der Waals surface area contributed by atoms with Gasteiger partial charge in [0.25, 0.3) is 0 Å². The van der Waals surface area contributed by atoms with E-state index in [0.717, 1.165) is 16.9 Å². The lowest BCUT2D eigenvalue weighted by atomic mass is 9.87. The summed E-state index contributed by atoms with van der Waals surface area (Å²) in [5.74, 6) is 3.93. The molecule has 0 radical (unpaired) electrons. The molecule has 2 aromatic carbocycles. The van der Waals surface area contributed by atoms with E-state index in [-0.39, 0.29) is 6.79 Å². The van der Waals surface area contributed by atoms with Crippen molar-refractivity contribution in [2.24, 2.45) is 0 Å². The monoisotopic (exact) mass is 280 g/mol. The van der Waals surface area contributed by atoms with E-state index < -0.39 is 5.60 Å². The maximum Gasteiger partial charge on any atom is 0.231 e. The highest BCUT2D eigenvalue weighted by molar-refractivity contribution is 5.46. The Hall–Kier alpha value is -2.44. The van der Waals surface area contributed by atoms with Crippen molar-refractivity contribution in [3.05, 3.63) is 59.2 Å². The third kappa shape index (κ3) is 2.58. The molecule has 3 nitrogen and oxygen atoms in total. The lowest BCUT2D eigenvalue weighted by Crippen LogP contribution is -2.26. The van der Waals surface area contributed by atoms with Crippen molar-refractivity contribution in [2.45, 2.75) is 18.9 Å². The van der Waals surface area contributed by atoms with Gasteiger partial charge in [0.1, 0.15) is 0 Å². The lowest BCUT2D eigenvalue weighted by Gasteiger charge is -2.23. The van der Waals surface area contributed by atoms with E-state index in [1.807, 2.05) is 49.4 Å². The molecule has 0 saturated carbocycles. The minimum absolute atomic E-state index is 0.232. The van der Waals surface area contributed by atoms with Crippen molar-refractivity contribution < 1.29 is 14.6 Å². The molecule has 0 bridgehead atoms. The second kappa shape index (κ2) is 5.16. The highest BCUT2D eigenvalue weighted by Gasteiger charge is 2.28. The summed E-state index contributed by atoms with van der Waals surface area (Å²) >= 11 is 0. The number of terminal acetylenes is 1. The van der Waals surface area contributed by atoms with Crippen molar-refractivity contribution in [3.8, 4) is 23.8 Å². The zero-order chi connectivity index (χ0) is 14.9. The van der Waals surface area contributed by atoms with Gasteiger partial charge in [0.05, 0.1) is 0 Å². The van der Waals surface area contributed by atoms with Crippen LogP contribution in [0.15, 0.2) is 42.5 Å². The SMILES string of the molecule is C#CC(O)(Cc1ccc2c(c1)OCO2)c1ccc(C)cc1. The standard InChI is InChI=1S/C18H16O3/c1-3-18(19,15-7-4-13(2)5-8-15)11-14-6-9-16-17(10-14)21-12-20-16/h1,4-10,19H,11-12H2,2H3. The van der Waals surface area contributed by atoms with Crippen LogP contribution < -0.4 is 9.47 Å². The quantitative estimate of drug-likeness (QED) is 0.879. The topological polar surface area (TPSA) is 38.7 Å². The van der Waals surface area contributed by atoms with Crippen LogP contribution in [0.4, 0.5) is 0 Å². The molecule has 0 saturated heterocycles. The van der Waals surface area contributed by atoms with Crippen LogP contribution in [0.5, 0.6) is 11.5 Å². The molecule has 1 aliphatic heterocycles. The number of hydrogen-bond acceptors (Lipinski definition) is 3. The van der Waals surface area contributed by atoms with E-state index in [0.29, 0.717) is 17.7 Å². The molecule has 3 heteroatoms. The second-order valence-electron chi connectivity index (χ2n) is 5.24. The van der Waals surface area contributed by atoms with Crippen LogP contribution in [0.2, 0.25) is 0 Å². The van der Waals surface area contributed by atoms with Crippen LogP contribution >= 0.6 is 0 Å². The van der Waals surface area contributed by atoms with Gasteiger partial charge in [-0.1, -0.05) is 41.8 Å². The Kier molecular flexibility index (Phi) is 3.32. The van der Waals surface area contributed by atoms with E-state index >= 15 is 0 Å². The number of fused-ring (bicyclic) bond motifs is 1. The Morgan fingerprint density at radius 3 is 2.57 bits per heavy atom. The van der Waals surface area contributed by atoms with E-state index in [1.165, 1.54) is 0 Å². The third-order valence-corrected chi connectivity index (χ3v) is 3.66. The Labute approximate surface area is 124 Å². The maximum atomic E-state index is 10.8. The number of hydrogen-bond donors (Lipinski definition) is 1. The number of aryl methyl sites for hydroxylation is 1. The summed E-state index contributed by atoms with van der Waals surface area (Å²) in [5, 5.41) is 10.8. The summed E-state index contributed by atoms with van der Waals surface area (Å²) in [4.78, 5) is 0. The minimum atomic E-state index is -1.33. The van der Waals surface area contributed by atoms with Gasteiger partial charge in [0.15, 0.2) is 17.1 Å². The van der Waals surface area contributed by atoms with Gasteiger partial charge in [0.2, 0.25) is 6.79 Å². The molecule has 106 valence electrons. The average molecular weight is 280 g/mol. The van der Waals surface area contributed by atoms with Crippen molar-refractivity contribution in [3.63, 3.8) is 0 Å². The van der Waals surface area contributed by atoms with Gasteiger partial charge >= 0.3 is 0 Å². The summed E-state index contributed by atoms with van der Waals surface area (Å²) < 4.78 is 10.6. The predicted octanol–water partition coefficient (Wildman–Crippen LogP) is 2.79. The molecule has 2 aromatic rings. The van der Waals surface area contributed by atoms with E-state index in [1.54, 1.807) is 0 Å². The number of benzene rings is 2. The molecule has 1 aliphatic rings. The summed E-state index contributed by atoms with van der Waals surface area (Å²) in [6.45, 7) is 2.23. The molecular weight excluding hydrogens is 264 g/mol. The highest BCUT2D eigenvalue weighted by Crippen LogP contribution is 2.34. The van der Waals surface area contributed by atoms with Gasteiger partial charge in [-0.05, 0) is 30.2 Å². The molecule has 21 heavy (non-hydrogen) atoms. The van der Waals surface area contributed by atoms with Crippen LogP contribution in [0, 0.1) is 19.3 Å². The molecule has 0 fully saturated rings. The molecule has 0 aromatic heterocycles. The Morgan fingerprint density at radius 1 is 1.14 bits per heavy atom. The van der Waals surface area contributed by atoms with Crippen molar-refractivity contribution >= 4 is 0 Å². The fourth-order valence-corrected chi connectivity index (χ4v) is 2.41. The Balaban J connectivity index is 1.90. The molecule has 1 heterocycles. The lowest BCUT2D eigenvalue weighted by molar-refractivity contribution is 0.101. The first kappa shape index (κ1) is 13.5. The normalized spacial score (nSPS) is 15.3. The van der Waals surface area contributed by atoms with Gasteiger partial charge in [-0.25, -0.2) is 0 Å². The molecular formula is C18H16O3. The number of rotatable bonds is 3. The first-order chi connectivity index (χ1) is 10.1. The minimum Gasteiger partial charge on any atom is -0.454 e. The molecule has 1 N–H and O–H groups in total. The van der Waals surface area contributed by atoms with E-state index in [2.05, 4.69) is 5.92 Å². The van der Waals surface area contributed by atoms with Gasteiger partial charge in [-0.2, -0.15) is 0 Å². The largest absolute Gasteiger partial charge is 0.454 e. The Morgan fingerprint density at radius 2 is 1.86 bits per heavy atom. The fourth-order valence-electron chi connectivity index (χ4n) is 2.41. The van der Waals surface area contributed by atoms with Crippen molar-refractivity contribution in [2.75, 3.05) is 6.79 Å². The van der Waals surface area contributed by atoms with E-state index in [9.17, 15) is 5.11 Å². The molecule has 0 spiro atoms.